The van der Waals surface area contributed by atoms with Crippen LogP contribution in [-0.4, -0.2) is 9.97 Å². The third-order valence-corrected chi connectivity index (χ3v) is 3.79. The highest BCUT2D eigenvalue weighted by molar-refractivity contribution is 9.10. The first kappa shape index (κ1) is 13.2. The molecule has 0 aliphatic carbocycles. The fourth-order valence-corrected chi connectivity index (χ4v) is 2.56. The molecule has 2 N–H and O–H groups in total. The topological polar surface area (TPSA) is 48.6 Å². The molecule has 1 heterocycles. The van der Waals surface area contributed by atoms with Crippen molar-refractivity contribution >= 4 is 28.1 Å². The number of benzene rings is 1. The summed E-state index contributed by atoms with van der Waals surface area (Å²) in [6.07, 6.45) is 1.35. The van der Waals surface area contributed by atoms with E-state index in [1.54, 1.807) is 0 Å². The summed E-state index contributed by atoms with van der Waals surface area (Å²) in [6, 6.07) is 7.96. The van der Waals surface area contributed by atoms with E-state index in [-0.39, 0.29) is 5.56 Å². The molecule has 0 atom stereocenters. The van der Waals surface area contributed by atoms with Crippen LogP contribution in [0.1, 0.15) is 23.7 Å². The molecular formula is C13H13BrN2OS. The molecule has 3 nitrogen and oxygen atoms in total. The summed E-state index contributed by atoms with van der Waals surface area (Å²) >= 11 is 8.53. The van der Waals surface area contributed by atoms with E-state index in [2.05, 4.69) is 25.9 Å². The molecule has 1 aromatic heterocycles. The van der Waals surface area contributed by atoms with E-state index in [4.69, 9.17) is 12.2 Å². The van der Waals surface area contributed by atoms with Crippen molar-refractivity contribution in [3.8, 4) is 0 Å². The van der Waals surface area contributed by atoms with Crippen LogP contribution in [0.25, 0.3) is 0 Å². The quantitative estimate of drug-likeness (QED) is 0.850. The van der Waals surface area contributed by atoms with Gasteiger partial charge in [0.15, 0.2) is 4.77 Å². The van der Waals surface area contributed by atoms with E-state index in [0.717, 1.165) is 21.3 Å². The maximum absolute atomic E-state index is 11.8. The standard InChI is InChI=1S/C13H13BrN2OS/c1-2-9-11(15-13(18)16-12(9)17)7-8-5-3-4-6-10(8)14/h3-6H,2,7H2,1H3,(H2,15,16,17,18). The van der Waals surface area contributed by atoms with Crippen LogP contribution in [0.3, 0.4) is 0 Å². The molecule has 18 heavy (non-hydrogen) atoms. The van der Waals surface area contributed by atoms with Crippen molar-refractivity contribution in [2.45, 2.75) is 19.8 Å². The van der Waals surface area contributed by atoms with Crippen LogP contribution in [0.2, 0.25) is 0 Å². The van der Waals surface area contributed by atoms with Crippen LogP contribution in [0.15, 0.2) is 33.5 Å². The van der Waals surface area contributed by atoms with Crippen molar-refractivity contribution in [2.75, 3.05) is 0 Å². The Morgan fingerprint density at radius 2 is 2.00 bits per heavy atom. The maximum Gasteiger partial charge on any atom is 0.255 e. The van der Waals surface area contributed by atoms with Crippen LogP contribution in [0.4, 0.5) is 0 Å². The fraction of sp³-hybridized carbons (Fsp3) is 0.231. The molecule has 0 radical (unpaired) electrons. The second-order valence-corrected chi connectivity index (χ2v) is 5.25. The number of aromatic nitrogens is 2. The Morgan fingerprint density at radius 3 is 2.67 bits per heavy atom. The van der Waals surface area contributed by atoms with Gasteiger partial charge in [-0.25, -0.2) is 0 Å². The van der Waals surface area contributed by atoms with Gasteiger partial charge >= 0.3 is 0 Å². The zero-order chi connectivity index (χ0) is 13.1. The van der Waals surface area contributed by atoms with Gasteiger partial charge in [-0.05, 0) is 30.3 Å². The lowest BCUT2D eigenvalue weighted by Crippen LogP contribution is -2.17. The second kappa shape index (κ2) is 5.63. The molecule has 0 fully saturated rings. The number of hydrogen-bond acceptors (Lipinski definition) is 2. The number of aromatic amines is 2. The molecular weight excluding hydrogens is 312 g/mol. The molecule has 0 aliphatic rings. The summed E-state index contributed by atoms with van der Waals surface area (Å²) < 4.78 is 1.41. The molecule has 2 rings (SSSR count). The molecule has 0 bridgehead atoms. The zero-order valence-electron chi connectivity index (χ0n) is 9.92. The first-order chi connectivity index (χ1) is 8.61. The second-order valence-electron chi connectivity index (χ2n) is 3.99. The highest BCUT2D eigenvalue weighted by Gasteiger charge is 2.08. The van der Waals surface area contributed by atoms with E-state index in [1.165, 1.54) is 0 Å². The van der Waals surface area contributed by atoms with Gasteiger partial charge in [0.05, 0.1) is 0 Å². The Bertz CT molecular complexity index is 675. The summed E-state index contributed by atoms with van der Waals surface area (Å²) in [5, 5.41) is 0. The summed E-state index contributed by atoms with van der Waals surface area (Å²) in [6.45, 7) is 1.96. The van der Waals surface area contributed by atoms with E-state index < -0.39 is 0 Å². The normalized spacial score (nSPS) is 10.6. The van der Waals surface area contributed by atoms with Crippen LogP contribution in [0.5, 0.6) is 0 Å². The predicted octanol–water partition coefficient (Wildman–Crippen LogP) is 3.35. The summed E-state index contributed by atoms with van der Waals surface area (Å²) in [5.74, 6) is 0. The SMILES string of the molecule is CCc1c(Cc2ccccc2Br)[nH]c(=S)[nH]c1=O. The highest BCUT2D eigenvalue weighted by atomic mass is 79.9. The lowest BCUT2D eigenvalue weighted by molar-refractivity contribution is 0.909. The maximum atomic E-state index is 11.8. The predicted molar refractivity (Wildman–Crippen MR) is 78.6 cm³/mol. The average molecular weight is 325 g/mol. The van der Waals surface area contributed by atoms with E-state index >= 15 is 0 Å². The third-order valence-electron chi connectivity index (χ3n) is 2.81. The Balaban J connectivity index is 2.50. The number of hydrogen-bond donors (Lipinski definition) is 2. The lowest BCUT2D eigenvalue weighted by Gasteiger charge is -2.08. The molecule has 0 amide bonds. The van der Waals surface area contributed by atoms with Gasteiger partial charge in [-0.1, -0.05) is 41.1 Å². The molecule has 0 aliphatic heterocycles. The largest absolute Gasteiger partial charge is 0.335 e. The molecule has 5 heteroatoms. The number of nitrogens with one attached hydrogen (secondary N) is 2. The minimum atomic E-state index is -0.0942. The first-order valence-corrected chi connectivity index (χ1v) is 6.89. The average Bonchev–Trinajstić information content (AvgIpc) is 2.31. The van der Waals surface area contributed by atoms with Crippen molar-refractivity contribution in [1.82, 2.24) is 9.97 Å². The molecule has 0 spiro atoms. The van der Waals surface area contributed by atoms with Crippen molar-refractivity contribution in [2.24, 2.45) is 0 Å². The summed E-state index contributed by atoms with van der Waals surface area (Å²) in [7, 11) is 0. The molecule has 94 valence electrons. The lowest BCUT2D eigenvalue weighted by atomic mass is 10.0. The van der Waals surface area contributed by atoms with Crippen molar-refractivity contribution < 1.29 is 0 Å². The van der Waals surface area contributed by atoms with E-state index in [0.29, 0.717) is 17.6 Å². The molecule has 2 aromatic rings. The molecule has 1 aromatic carbocycles. The summed E-state index contributed by atoms with van der Waals surface area (Å²) in [5.41, 5.74) is 2.68. The summed E-state index contributed by atoms with van der Waals surface area (Å²) in [4.78, 5) is 17.5. The number of H-pyrrole nitrogens is 2. The van der Waals surface area contributed by atoms with Gasteiger partial charge in [-0.15, -0.1) is 0 Å². The monoisotopic (exact) mass is 324 g/mol. The van der Waals surface area contributed by atoms with Gasteiger partial charge in [0, 0.05) is 22.2 Å². The van der Waals surface area contributed by atoms with Gasteiger partial charge in [-0.2, -0.15) is 0 Å². The molecule has 0 unspecified atom stereocenters. The van der Waals surface area contributed by atoms with E-state index in [9.17, 15) is 4.79 Å². The van der Waals surface area contributed by atoms with Gasteiger partial charge in [-0.3, -0.25) is 9.78 Å². The van der Waals surface area contributed by atoms with Gasteiger partial charge < -0.3 is 4.98 Å². The minimum Gasteiger partial charge on any atom is -0.335 e. The Labute approximate surface area is 118 Å². The van der Waals surface area contributed by atoms with Crippen molar-refractivity contribution in [1.29, 1.82) is 0 Å². The fourth-order valence-electron chi connectivity index (χ4n) is 1.92. The minimum absolute atomic E-state index is 0.0942. The van der Waals surface area contributed by atoms with Crippen LogP contribution < -0.4 is 5.56 Å². The smallest absolute Gasteiger partial charge is 0.255 e. The van der Waals surface area contributed by atoms with Crippen LogP contribution in [-0.2, 0) is 12.8 Å². The molecule has 0 saturated carbocycles. The third kappa shape index (κ3) is 2.79. The number of rotatable bonds is 3. The van der Waals surface area contributed by atoms with Crippen LogP contribution >= 0.6 is 28.1 Å². The molecule has 0 saturated heterocycles. The first-order valence-electron chi connectivity index (χ1n) is 5.69. The highest BCUT2D eigenvalue weighted by Crippen LogP contribution is 2.19. The van der Waals surface area contributed by atoms with Gasteiger partial charge in [0.25, 0.3) is 5.56 Å². The van der Waals surface area contributed by atoms with Gasteiger partial charge in [0.1, 0.15) is 0 Å². The van der Waals surface area contributed by atoms with Gasteiger partial charge in [0.2, 0.25) is 0 Å². The Morgan fingerprint density at radius 1 is 1.28 bits per heavy atom. The Kier molecular flexibility index (Phi) is 4.14. The van der Waals surface area contributed by atoms with Crippen molar-refractivity contribution in [3.05, 3.63) is 60.7 Å². The van der Waals surface area contributed by atoms with Crippen LogP contribution in [0, 0.1) is 4.77 Å². The number of halogens is 1. The van der Waals surface area contributed by atoms with Crippen molar-refractivity contribution in [3.63, 3.8) is 0 Å². The zero-order valence-corrected chi connectivity index (χ0v) is 12.3. The van der Waals surface area contributed by atoms with E-state index in [1.807, 2.05) is 31.2 Å². The Hall–Kier alpha value is -1.20.